The van der Waals surface area contributed by atoms with Crippen LogP contribution in [0, 0.1) is 0 Å². The van der Waals surface area contributed by atoms with Crippen molar-refractivity contribution in [3.8, 4) is 5.75 Å². The molecule has 5 heteroatoms. The first-order valence-corrected chi connectivity index (χ1v) is 8.37. The van der Waals surface area contributed by atoms with Crippen molar-refractivity contribution in [3.63, 3.8) is 0 Å². The summed E-state index contributed by atoms with van der Waals surface area (Å²) in [6.07, 6.45) is 0.825. The van der Waals surface area contributed by atoms with Crippen molar-refractivity contribution in [1.82, 2.24) is 4.72 Å². The van der Waals surface area contributed by atoms with Crippen molar-refractivity contribution in [2.45, 2.75) is 24.8 Å². The summed E-state index contributed by atoms with van der Waals surface area (Å²) in [7, 11) is -3.59. The van der Waals surface area contributed by atoms with Crippen molar-refractivity contribution >= 4 is 10.0 Å². The minimum Gasteiger partial charge on any atom is -0.492 e. The van der Waals surface area contributed by atoms with Crippen molar-refractivity contribution in [2.75, 3.05) is 6.61 Å². The van der Waals surface area contributed by atoms with Gasteiger partial charge in [-0.2, -0.15) is 0 Å². The van der Waals surface area contributed by atoms with Crippen LogP contribution in [0.15, 0.2) is 59.5 Å². The maximum atomic E-state index is 12.4. The van der Waals surface area contributed by atoms with Crippen LogP contribution >= 0.6 is 0 Å². The van der Waals surface area contributed by atoms with Crippen molar-refractivity contribution < 1.29 is 13.2 Å². The zero-order chi connectivity index (χ0) is 15.1. The van der Waals surface area contributed by atoms with Crippen LogP contribution in [0.4, 0.5) is 0 Å². The first-order valence-electron chi connectivity index (χ1n) is 6.89. The molecule has 0 bridgehead atoms. The number of ether oxygens (including phenoxy) is 1. The summed E-state index contributed by atoms with van der Waals surface area (Å²) in [5.41, 5.74) is 0.910. The molecule has 0 aromatic heterocycles. The van der Waals surface area contributed by atoms with E-state index in [2.05, 4.69) is 4.72 Å². The van der Waals surface area contributed by atoms with Crippen LogP contribution < -0.4 is 9.46 Å². The van der Waals surface area contributed by atoms with E-state index in [0.717, 1.165) is 12.0 Å². The Labute approximate surface area is 125 Å². The Morgan fingerprint density at radius 2 is 1.67 bits per heavy atom. The maximum absolute atomic E-state index is 12.4. The first kappa shape index (κ1) is 15.5. The second kappa shape index (κ2) is 7.24. The monoisotopic (exact) mass is 305 g/mol. The molecular weight excluding hydrogens is 286 g/mol. The molecule has 0 fully saturated rings. The Morgan fingerprint density at radius 3 is 2.38 bits per heavy atom. The molecule has 0 aliphatic rings. The second-order valence-electron chi connectivity index (χ2n) is 4.61. The third-order valence-electron chi connectivity index (χ3n) is 2.91. The van der Waals surface area contributed by atoms with Crippen LogP contribution in [0.25, 0.3) is 0 Å². The largest absolute Gasteiger partial charge is 0.492 e. The normalized spacial score (nSPS) is 11.3. The number of rotatable bonds is 7. The molecular formula is C16H19NO3S. The number of benzene rings is 2. The van der Waals surface area contributed by atoms with Crippen LogP contribution in [-0.4, -0.2) is 15.0 Å². The predicted octanol–water partition coefficient (Wildman–Crippen LogP) is 2.95. The van der Waals surface area contributed by atoms with Crippen LogP contribution in [0.1, 0.15) is 18.9 Å². The van der Waals surface area contributed by atoms with Gasteiger partial charge in [0, 0.05) is 6.54 Å². The van der Waals surface area contributed by atoms with Gasteiger partial charge in [0.25, 0.3) is 0 Å². The van der Waals surface area contributed by atoms with Gasteiger partial charge in [-0.25, -0.2) is 13.1 Å². The number of para-hydroxylation sites is 1. The number of sulfonamides is 1. The standard InChI is InChI=1S/C16H19NO3S/c1-2-12-20-15-10-6-7-11-16(15)21(18,19)17-13-14-8-4-3-5-9-14/h3-11,17H,2,12-13H2,1H3. The minimum atomic E-state index is -3.59. The van der Waals surface area contributed by atoms with Gasteiger partial charge >= 0.3 is 0 Å². The Kier molecular flexibility index (Phi) is 5.36. The molecule has 2 aromatic rings. The lowest BCUT2D eigenvalue weighted by Gasteiger charge is -2.12. The SMILES string of the molecule is CCCOc1ccccc1S(=O)(=O)NCc1ccccc1. The molecule has 0 radical (unpaired) electrons. The molecule has 0 heterocycles. The molecule has 0 saturated carbocycles. The summed E-state index contributed by atoms with van der Waals surface area (Å²) in [5, 5.41) is 0. The van der Waals surface area contributed by atoms with Crippen molar-refractivity contribution in [2.24, 2.45) is 0 Å². The van der Waals surface area contributed by atoms with Crippen LogP contribution in [0.3, 0.4) is 0 Å². The fraction of sp³-hybridized carbons (Fsp3) is 0.250. The van der Waals surface area contributed by atoms with Crippen LogP contribution in [0.5, 0.6) is 5.75 Å². The summed E-state index contributed by atoms with van der Waals surface area (Å²) in [5.74, 6) is 0.389. The molecule has 2 rings (SSSR count). The summed E-state index contributed by atoms with van der Waals surface area (Å²) in [4.78, 5) is 0.175. The van der Waals surface area contributed by atoms with E-state index in [9.17, 15) is 8.42 Å². The molecule has 112 valence electrons. The van der Waals surface area contributed by atoms with Gasteiger partial charge < -0.3 is 4.74 Å². The highest BCUT2D eigenvalue weighted by Gasteiger charge is 2.18. The quantitative estimate of drug-likeness (QED) is 0.855. The Hall–Kier alpha value is -1.85. The molecule has 0 spiro atoms. The smallest absolute Gasteiger partial charge is 0.244 e. The van der Waals surface area contributed by atoms with E-state index >= 15 is 0 Å². The lowest BCUT2D eigenvalue weighted by Crippen LogP contribution is -2.23. The number of hydrogen-bond acceptors (Lipinski definition) is 3. The van der Waals surface area contributed by atoms with E-state index < -0.39 is 10.0 Å². The lowest BCUT2D eigenvalue weighted by atomic mass is 10.2. The van der Waals surface area contributed by atoms with Gasteiger partial charge in [-0.05, 0) is 24.1 Å². The third-order valence-corrected chi connectivity index (χ3v) is 4.35. The molecule has 0 saturated heterocycles. The molecule has 2 aromatic carbocycles. The average molecular weight is 305 g/mol. The fourth-order valence-corrected chi connectivity index (χ4v) is 3.02. The van der Waals surface area contributed by atoms with E-state index in [1.54, 1.807) is 24.3 Å². The topological polar surface area (TPSA) is 55.4 Å². The Bertz CT molecular complexity index is 669. The molecule has 0 aliphatic carbocycles. The minimum absolute atomic E-state index is 0.175. The molecule has 21 heavy (non-hydrogen) atoms. The molecule has 1 N–H and O–H groups in total. The second-order valence-corrected chi connectivity index (χ2v) is 6.34. The lowest BCUT2D eigenvalue weighted by molar-refractivity contribution is 0.309. The maximum Gasteiger partial charge on any atom is 0.244 e. The van der Waals surface area contributed by atoms with Crippen LogP contribution in [0.2, 0.25) is 0 Å². The van der Waals surface area contributed by atoms with Gasteiger partial charge in [-0.3, -0.25) is 0 Å². The molecule has 0 amide bonds. The first-order chi connectivity index (χ1) is 10.1. The van der Waals surface area contributed by atoms with E-state index in [0.29, 0.717) is 12.4 Å². The van der Waals surface area contributed by atoms with Gasteiger partial charge in [0.15, 0.2) is 0 Å². The number of hydrogen-bond donors (Lipinski definition) is 1. The highest BCUT2D eigenvalue weighted by Crippen LogP contribution is 2.23. The summed E-state index contributed by atoms with van der Waals surface area (Å²) < 4.78 is 32.9. The van der Waals surface area contributed by atoms with Crippen molar-refractivity contribution in [3.05, 3.63) is 60.2 Å². The van der Waals surface area contributed by atoms with E-state index in [-0.39, 0.29) is 11.4 Å². The number of nitrogens with one attached hydrogen (secondary N) is 1. The van der Waals surface area contributed by atoms with Gasteiger partial charge in [0.1, 0.15) is 10.6 Å². The van der Waals surface area contributed by atoms with Crippen LogP contribution in [-0.2, 0) is 16.6 Å². The Morgan fingerprint density at radius 1 is 1.00 bits per heavy atom. The fourth-order valence-electron chi connectivity index (χ4n) is 1.86. The highest BCUT2D eigenvalue weighted by atomic mass is 32.2. The summed E-state index contributed by atoms with van der Waals surface area (Å²) in [6, 6.07) is 16.1. The summed E-state index contributed by atoms with van der Waals surface area (Å²) in [6.45, 7) is 2.72. The van der Waals surface area contributed by atoms with E-state index in [1.165, 1.54) is 0 Å². The van der Waals surface area contributed by atoms with E-state index in [1.807, 2.05) is 37.3 Å². The van der Waals surface area contributed by atoms with Gasteiger partial charge in [0.05, 0.1) is 6.61 Å². The molecule has 0 aliphatic heterocycles. The zero-order valence-electron chi connectivity index (χ0n) is 12.0. The zero-order valence-corrected chi connectivity index (χ0v) is 12.8. The highest BCUT2D eigenvalue weighted by molar-refractivity contribution is 7.89. The van der Waals surface area contributed by atoms with Gasteiger partial charge in [0.2, 0.25) is 10.0 Å². The molecule has 0 unspecified atom stereocenters. The third kappa shape index (κ3) is 4.31. The van der Waals surface area contributed by atoms with Gasteiger partial charge in [-0.1, -0.05) is 49.4 Å². The van der Waals surface area contributed by atoms with Crippen molar-refractivity contribution in [1.29, 1.82) is 0 Å². The Balaban J connectivity index is 2.15. The average Bonchev–Trinajstić information content (AvgIpc) is 2.52. The molecule has 4 nitrogen and oxygen atoms in total. The predicted molar refractivity (Wildman–Crippen MR) is 82.7 cm³/mol. The van der Waals surface area contributed by atoms with E-state index in [4.69, 9.17) is 4.74 Å². The summed E-state index contributed by atoms with van der Waals surface area (Å²) >= 11 is 0. The molecule has 0 atom stereocenters. The van der Waals surface area contributed by atoms with Gasteiger partial charge in [-0.15, -0.1) is 0 Å².